The number of nitrogens with zero attached hydrogens (tertiary/aromatic N) is 1. The van der Waals surface area contributed by atoms with Crippen LogP contribution >= 0.6 is 7.82 Å². The number of phosphoric acid groups is 1. The van der Waals surface area contributed by atoms with Crippen LogP contribution in [0.1, 0.15) is 290 Å². The summed E-state index contributed by atoms with van der Waals surface area (Å²) in [4.78, 5) is 23.3. The van der Waals surface area contributed by atoms with Crippen molar-refractivity contribution in [3.63, 3.8) is 0 Å². The van der Waals surface area contributed by atoms with Gasteiger partial charge in [0.25, 0.3) is 0 Å². The second-order valence-electron chi connectivity index (χ2n) is 22.1. The lowest BCUT2D eigenvalue weighted by atomic mass is 10.0. The van der Waals surface area contributed by atoms with Gasteiger partial charge in [0.2, 0.25) is 5.91 Å². The van der Waals surface area contributed by atoms with Gasteiger partial charge in [0, 0.05) is 6.42 Å². The normalized spacial score (nSPS) is 14.2. The third-order valence-corrected chi connectivity index (χ3v) is 14.8. The molecule has 0 saturated heterocycles. The van der Waals surface area contributed by atoms with Gasteiger partial charge in [0.15, 0.2) is 0 Å². The Kier molecular flexibility index (Phi) is 52.1. The van der Waals surface area contributed by atoms with Gasteiger partial charge in [0.1, 0.15) is 13.2 Å². The first-order chi connectivity index (χ1) is 34.5. The summed E-state index contributed by atoms with van der Waals surface area (Å²) in [6, 6.07) is -0.771. The van der Waals surface area contributed by atoms with Crippen LogP contribution in [0.25, 0.3) is 0 Å². The SMILES string of the molecule is CC/C=C\C/C=C\C/C=C\C/C=C\CCCCCCCCC(=O)NC(COP(=O)(O)OCC[N+](C)(C)C)C(O)CCCCCCCCCCCCCCCCCCCCCCCCCCCCCCCC. The van der Waals surface area contributed by atoms with E-state index in [-0.39, 0.29) is 19.1 Å². The lowest BCUT2D eigenvalue weighted by Gasteiger charge is -2.26. The molecule has 418 valence electrons. The van der Waals surface area contributed by atoms with Crippen LogP contribution in [0.15, 0.2) is 48.6 Å². The molecular formula is C62H120N2O6P+. The van der Waals surface area contributed by atoms with Crippen molar-refractivity contribution in [2.75, 3.05) is 40.9 Å². The van der Waals surface area contributed by atoms with E-state index in [9.17, 15) is 19.4 Å². The fraction of sp³-hybridized carbons (Fsp3) is 0.855. The topological polar surface area (TPSA) is 105 Å². The molecule has 0 spiro atoms. The number of likely N-dealkylation sites (N-methyl/N-ethyl adjacent to an activating group) is 1. The summed E-state index contributed by atoms with van der Waals surface area (Å²) < 4.78 is 23.8. The predicted octanol–water partition coefficient (Wildman–Crippen LogP) is 18.7. The van der Waals surface area contributed by atoms with E-state index in [1.807, 2.05) is 21.1 Å². The van der Waals surface area contributed by atoms with Crippen LogP contribution in [0.4, 0.5) is 0 Å². The van der Waals surface area contributed by atoms with Gasteiger partial charge in [-0.3, -0.25) is 13.8 Å². The zero-order valence-corrected chi connectivity index (χ0v) is 48.6. The quantitative estimate of drug-likeness (QED) is 0.0243. The minimum Gasteiger partial charge on any atom is -0.391 e. The number of phosphoric ester groups is 1. The number of hydrogen-bond donors (Lipinski definition) is 3. The fourth-order valence-corrected chi connectivity index (χ4v) is 9.84. The van der Waals surface area contributed by atoms with Crippen molar-refractivity contribution in [1.29, 1.82) is 0 Å². The van der Waals surface area contributed by atoms with Crippen LogP contribution in [0, 0.1) is 0 Å². The summed E-state index contributed by atoms with van der Waals surface area (Å²) in [6.07, 6.45) is 70.4. The maximum Gasteiger partial charge on any atom is 0.472 e. The highest BCUT2D eigenvalue weighted by Gasteiger charge is 2.28. The molecule has 0 bridgehead atoms. The summed E-state index contributed by atoms with van der Waals surface area (Å²) >= 11 is 0. The van der Waals surface area contributed by atoms with E-state index in [0.717, 1.165) is 77.0 Å². The van der Waals surface area contributed by atoms with Crippen molar-refractivity contribution in [1.82, 2.24) is 5.32 Å². The lowest BCUT2D eigenvalue weighted by Crippen LogP contribution is -2.46. The van der Waals surface area contributed by atoms with Crippen LogP contribution in [0.3, 0.4) is 0 Å². The smallest absolute Gasteiger partial charge is 0.391 e. The highest BCUT2D eigenvalue weighted by atomic mass is 31.2. The molecule has 1 amide bonds. The molecule has 0 aromatic heterocycles. The molecule has 0 heterocycles. The van der Waals surface area contributed by atoms with Gasteiger partial charge in [-0.05, 0) is 51.4 Å². The van der Waals surface area contributed by atoms with Crippen molar-refractivity contribution in [2.24, 2.45) is 0 Å². The Morgan fingerprint density at radius 2 is 0.845 bits per heavy atom. The molecule has 0 aromatic rings. The number of carbonyl (C=O) groups excluding carboxylic acids is 1. The van der Waals surface area contributed by atoms with Crippen LogP contribution < -0.4 is 5.32 Å². The Morgan fingerprint density at radius 1 is 0.493 bits per heavy atom. The third-order valence-electron chi connectivity index (χ3n) is 13.8. The van der Waals surface area contributed by atoms with E-state index in [0.29, 0.717) is 23.9 Å². The van der Waals surface area contributed by atoms with Crippen molar-refractivity contribution in [2.45, 2.75) is 302 Å². The molecule has 3 N–H and O–H groups in total. The van der Waals surface area contributed by atoms with Crippen molar-refractivity contribution >= 4 is 13.7 Å². The zero-order valence-electron chi connectivity index (χ0n) is 47.7. The van der Waals surface area contributed by atoms with Gasteiger partial charge in [-0.1, -0.05) is 281 Å². The van der Waals surface area contributed by atoms with Crippen molar-refractivity contribution in [3.8, 4) is 0 Å². The van der Waals surface area contributed by atoms with Gasteiger partial charge in [-0.2, -0.15) is 0 Å². The van der Waals surface area contributed by atoms with Crippen LogP contribution in [-0.4, -0.2) is 73.4 Å². The Balaban J connectivity index is 4.09. The summed E-state index contributed by atoms with van der Waals surface area (Å²) in [7, 11) is 1.61. The minimum atomic E-state index is -4.33. The average molecular weight is 1020 g/mol. The molecule has 0 saturated carbocycles. The Bertz CT molecular complexity index is 1290. The van der Waals surface area contributed by atoms with E-state index < -0.39 is 20.0 Å². The second kappa shape index (κ2) is 53.3. The molecule has 0 aromatic carbocycles. The Morgan fingerprint density at radius 3 is 1.24 bits per heavy atom. The molecule has 71 heavy (non-hydrogen) atoms. The Hall–Kier alpha value is -1.54. The molecule has 0 aliphatic carbocycles. The molecule has 0 aliphatic rings. The number of rotatable bonds is 56. The fourth-order valence-electron chi connectivity index (χ4n) is 9.10. The van der Waals surface area contributed by atoms with Crippen LogP contribution in [-0.2, 0) is 18.4 Å². The highest BCUT2D eigenvalue weighted by molar-refractivity contribution is 7.47. The third kappa shape index (κ3) is 56.0. The lowest BCUT2D eigenvalue weighted by molar-refractivity contribution is -0.870. The zero-order chi connectivity index (χ0) is 52.0. The van der Waals surface area contributed by atoms with Gasteiger partial charge in [0.05, 0.1) is 39.9 Å². The highest BCUT2D eigenvalue weighted by Crippen LogP contribution is 2.43. The van der Waals surface area contributed by atoms with Crippen molar-refractivity contribution in [3.05, 3.63) is 48.6 Å². The maximum atomic E-state index is 13.0. The van der Waals surface area contributed by atoms with E-state index in [1.165, 1.54) is 186 Å². The number of quaternary nitrogens is 1. The number of nitrogens with one attached hydrogen (secondary N) is 1. The first kappa shape index (κ1) is 69.5. The molecular weight excluding hydrogens is 900 g/mol. The van der Waals surface area contributed by atoms with E-state index in [4.69, 9.17) is 9.05 Å². The molecule has 8 nitrogen and oxygen atoms in total. The summed E-state index contributed by atoms with van der Waals surface area (Å²) in [6.45, 7) is 4.79. The Labute approximate surface area is 441 Å². The first-order valence-corrected chi connectivity index (χ1v) is 32.0. The van der Waals surface area contributed by atoms with Gasteiger partial charge in [-0.15, -0.1) is 0 Å². The summed E-state index contributed by atoms with van der Waals surface area (Å²) in [5, 5.41) is 14.1. The summed E-state index contributed by atoms with van der Waals surface area (Å²) in [5.41, 5.74) is 0. The van der Waals surface area contributed by atoms with E-state index in [2.05, 4.69) is 67.8 Å². The molecule has 0 aliphatic heterocycles. The number of allylic oxidation sites excluding steroid dienone is 8. The molecule has 0 fully saturated rings. The molecule has 3 atom stereocenters. The van der Waals surface area contributed by atoms with E-state index >= 15 is 0 Å². The monoisotopic (exact) mass is 1020 g/mol. The number of unbranched alkanes of at least 4 members (excludes halogenated alkanes) is 35. The first-order valence-electron chi connectivity index (χ1n) is 30.5. The van der Waals surface area contributed by atoms with Crippen LogP contribution in [0.5, 0.6) is 0 Å². The molecule has 0 rings (SSSR count). The second-order valence-corrected chi connectivity index (χ2v) is 23.5. The molecule has 9 heteroatoms. The standard InChI is InChI=1S/C62H119N2O6P/c1-6-8-10-12-14-16-18-20-22-24-26-27-28-29-30-31-32-33-34-35-36-38-39-41-43-45-47-49-51-53-55-61(65)60(59-70-71(67,68)69-58-57-64(3,4)5)63-62(66)56-54-52-50-48-46-44-42-40-37-25-23-21-19-17-15-13-11-9-7-2/h9,11,15,17,21,23,37,40,60-61,65H,6-8,10,12-14,16,18-20,22,24-36,38-39,41-59H2,1-5H3,(H-,63,66,67,68)/p+1/b11-9-,17-15-,23-21-,40-37-. The van der Waals surface area contributed by atoms with Crippen LogP contribution in [0.2, 0.25) is 0 Å². The number of carbonyl (C=O) groups is 1. The summed E-state index contributed by atoms with van der Waals surface area (Å²) in [5.74, 6) is -0.156. The van der Waals surface area contributed by atoms with Crippen molar-refractivity contribution < 1.29 is 32.9 Å². The molecule has 0 radical (unpaired) electrons. The maximum absolute atomic E-state index is 13.0. The van der Waals surface area contributed by atoms with Gasteiger partial charge < -0.3 is 19.8 Å². The number of hydrogen-bond acceptors (Lipinski definition) is 5. The number of aliphatic hydroxyl groups excluding tert-OH is 1. The number of amides is 1. The van der Waals surface area contributed by atoms with E-state index in [1.54, 1.807) is 0 Å². The average Bonchev–Trinajstić information content (AvgIpc) is 3.33. The van der Waals surface area contributed by atoms with Gasteiger partial charge in [-0.25, -0.2) is 4.57 Å². The molecule has 3 unspecified atom stereocenters. The van der Waals surface area contributed by atoms with Gasteiger partial charge >= 0.3 is 7.82 Å². The predicted molar refractivity (Wildman–Crippen MR) is 309 cm³/mol. The minimum absolute atomic E-state index is 0.0704. The number of aliphatic hydroxyl groups is 1. The largest absolute Gasteiger partial charge is 0.472 e.